The molecule has 0 atom stereocenters. The number of benzene rings is 1. The summed E-state index contributed by atoms with van der Waals surface area (Å²) in [4.78, 5) is 16.7. The molecule has 0 unspecified atom stereocenters. The first-order chi connectivity index (χ1) is 9.92. The molecule has 5 nitrogen and oxygen atoms in total. The quantitative estimate of drug-likeness (QED) is 0.828. The molecule has 1 heterocycles. The van der Waals surface area contributed by atoms with Gasteiger partial charge in [-0.3, -0.25) is 4.79 Å². The molecule has 0 spiro atoms. The Balaban J connectivity index is 2.17. The third kappa shape index (κ3) is 3.96. The molecule has 2 aromatic rings. The van der Waals surface area contributed by atoms with E-state index in [4.69, 9.17) is 0 Å². The van der Waals surface area contributed by atoms with Crippen LogP contribution in [0.5, 0.6) is 0 Å². The normalized spacial score (nSPS) is 11.5. The summed E-state index contributed by atoms with van der Waals surface area (Å²) in [6, 6.07) is 6.09. The van der Waals surface area contributed by atoms with Crippen molar-refractivity contribution in [2.45, 2.75) is 31.7 Å². The molecule has 2 rings (SSSR count). The average molecular weight is 324 g/mol. The number of rotatable bonds is 6. The van der Waals surface area contributed by atoms with Gasteiger partial charge in [0.05, 0.1) is 9.90 Å². The van der Waals surface area contributed by atoms with Crippen LogP contribution in [0.2, 0.25) is 0 Å². The number of hydrogen-bond acceptors (Lipinski definition) is 5. The summed E-state index contributed by atoms with van der Waals surface area (Å²) in [6.07, 6.45) is 2.00. The molecule has 0 radical (unpaired) electrons. The summed E-state index contributed by atoms with van der Waals surface area (Å²) in [7, 11) is -3.64. The summed E-state index contributed by atoms with van der Waals surface area (Å²) >= 11 is 1.44. The standard InChI is InChI=1S/C14H16N2O3S2/c1-3-14(17)11-5-4-6-13(7-11)21(18,19)16-9-12-8-15-10(2)20-12/h4-8,16H,3,9H2,1-2H3. The maximum absolute atomic E-state index is 12.2. The largest absolute Gasteiger partial charge is 0.294 e. The molecule has 7 heteroatoms. The number of aryl methyl sites for hydroxylation is 1. The van der Waals surface area contributed by atoms with Crippen molar-refractivity contribution in [2.24, 2.45) is 0 Å². The Morgan fingerprint density at radius 2 is 2.14 bits per heavy atom. The van der Waals surface area contributed by atoms with E-state index in [1.54, 1.807) is 25.3 Å². The number of thiazole rings is 1. The zero-order valence-electron chi connectivity index (χ0n) is 11.8. The van der Waals surface area contributed by atoms with Gasteiger partial charge in [0.15, 0.2) is 5.78 Å². The van der Waals surface area contributed by atoms with Crippen molar-refractivity contribution in [3.05, 3.63) is 45.9 Å². The van der Waals surface area contributed by atoms with Gasteiger partial charge in [0.2, 0.25) is 10.0 Å². The molecular weight excluding hydrogens is 308 g/mol. The van der Waals surface area contributed by atoms with E-state index >= 15 is 0 Å². The Kier molecular flexibility index (Phi) is 4.87. The number of sulfonamides is 1. The second-order valence-electron chi connectivity index (χ2n) is 4.47. The molecule has 0 amide bonds. The van der Waals surface area contributed by atoms with Crippen LogP contribution in [0.1, 0.15) is 33.6 Å². The van der Waals surface area contributed by atoms with Gasteiger partial charge in [-0.25, -0.2) is 18.1 Å². The van der Waals surface area contributed by atoms with E-state index in [0.717, 1.165) is 9.88 Å². The maximum Gasteiger partial charge on any atom is 0.240 e. The number of Topliss-reactive ketones (excluding diaryl/α,β-unsaturated/α-hetero) is 1. The minimum atomic E-state index is -3.64. The van der Waals surface area contributed by atoms with Crippen molar-refractivity contribution >= 4 is 27.1 Å². The number of aromatic nitrogens is 1. The summed E-state index contributed by atoms with van der Waals surface area (Å²) in [6.45, 7) is 3.80. The molecule has 112 valence electrons. The summed E-state index contributed by atoms with van der Waals surface area (Å²) in [5, 5.41) is 0.889. The average Bonchev–Trinajstić information content (AvgIpc) is 2.90. The number of hydrogen-bond donors (Lipinski definition) is 1. The molecule has 0 saturated heterocycles. The lowest BCUT2D eigenvalue weighted by Gasteiger charge is -2.07. The first-order valence-corrected chi connectivity index (χ1v) is 8.76. The van der Waals surface area contributed by atoms with Gasteiger partial charge < -0.3 is 0 Å². The predicted octanol–water partition coefficient (Wildman–Crippen LogP) is 2.52. The Labute approximate surface area is 128 Å². The highest BCUT2D eigenvalue weighted by atomic mass is 32.2. The van der Waals surface area contributed by atoms with Gasteiger partial charge in [-0.1, -0.05) is 19.1 Å². The molecule has 0 fully saturated rings. The van der Waals surface area contributed by atoms with Gasteiger partial charge >= 0.3 is 0 Å². The molecule has 21 heavy (non-hydrogen) atoms. The topological polar surface area (TPSA) is 76.1 Å². The molecule has 0 bridgehead atoms. The van der Waals surface area contributed by atoms with Gasteiger partial charge in [-0.15, -0.1) is 11.3 Å². The van der Waals surface area contributed by atoms with Crippen molar-refractivity contribution in [1.29, 1.82) is 0 Å². The van der Waals surface area contributed by atoms with Crippen molar-refractivity contribution < 1.29 is 13.2 Å². The molecule has 1 N–H and O–H groups in total. The van der Waals surface area contributed by atoms with E-state index in [1.165, 1.54) is 23.5 Å². The number of nitrogens with zero attached hydrogens (tertiary/aromatic N) is 1. The fourth-order valence-corrected chi connectivity index (χ4v) is 3.66. The van der Waals surface area contributed by atoms with Gasteiger partial charge in [0.1, 0.15) is 0 Å². The molecular formula is C14H16N2O3S2. The molecule has 0 saturated carbocycles. The lowest BCUT2D eigenvalue weighted by Crippen LogP contribution is -2.23. The predicted molar refractivity (Wildman–Crippen MR) is 81.9 cm³/mol. The van der Waals surface area contributed by atoms with Crippen LogP contribution in [0.25, 0.3) is 0 Å². The SMILES string of the molecule is CCC(=O)c1cccc(S(=O)(=O)NCc2cnc(C)s2)c1. The second kappa shape index (κ2) is 6.46. The van der Waals surface area contributed by atoms with Crippen LogP contribution in [0.3, 0.4) is 0 Å². The first-order valence-electron chi connectivity index (χ1n) is 6.46. The number of carbonyl (C=O) groups is 1. The van der Waals surface area contributed by atoms with E-state index in [9.17, 15) is 13.2 Å². The molecule has 1 aromatic carbocycles. The van der Waals surface area contributed by atoms with Gasteiger partial charge in [0.25, 0.3) is 0 Å². The highest BCUT2D eigenvalue weighted by Crippen LogP contribution is 2.15. The second-order valence-corrected chi connectivity index (χ2v) is 7.56. The minimum absolute atomic E-state index is 0.0786. The lowest BCUT2D eigenvalue weighted by molar-refractivity contribution is 0.0988. The van der Waals surface area contributed by atoms with E-state index in [0.29, 0.717) is 12.0 Å². The highest BCUT2D eigenvalue weighted by Gasteiger charge is 2.16. The Morgan fingerprint density at radius 1 is 1.38 bits per heavy atom. The lowest BCUT2D eigenvalue weighted by atomic mass is 10.1. The van der Waals surface area contributed by atoms with E-state index in [1.807, 2.05) is 6.92 Å². The third-order valence-electron chi connectivity index (χ3n) is 2.89. The van der Waals surface area contributed by atoms with Crippen LogP contribution in [0.15, 0.2) is 35.4 Å². The van der Waals surface area contributed by atoms with Crippen LogP contribution >= 0.6 is 11.3 Å². The van der Waals surface area contributed by atoms with Gasteiger partial charge in [0, 0.05) is 29.6 Å². The summed E-state index contributed by atoms with van der Waals surface area (Å²) in [5.74, 6) is -0.0786. The zero-order valence-corrected chi connectivity index (χ0v) is 13.4. The zero-order chi connectivity index (χ0) is 15.5. The van der Waals surface area contributed by atoms with Crippen LogP contribution in [0, 0.1) is 6.92 Å². The fraction of sp³-hybridized carbons (Fsp3) is 0.286. The summed E-state index contributed by atoms with van der Waals surface area (Å²) in [5.41, 5.74) is 0.411. The Hall–Kier alpha value is -1.57. The van der Waals surface area contributed by atoms with E-state index in [-0.39, 0.29) is 17.2 Å². The monoisotopic (exact) mass is 324 g/mol. The van der Waals surface area contributed by atoms with Crippen molar-refractivity contribution in [2.75, 3.05) is 0 Å². The van der Waals surface area contributed by atoms with Gasteiger partial charge in [-0.05, 0) is 19.1 Å². The fourth-order valence-electron chi connectivity index (χ4n) is 1.78. The molecule has 1 aromatic heterocycles. The van der Waals surface area contributed by atoms with Crippen LogP contribution in [0.4, 0.5) is 0 Å². The third-order valence-corrected chi connectivity index (χ3v) is 5.20. The van der Waals surface area contributed by atoms with E-state index < -0.39 is 10.0 Å². The maximum atomic E-state index is 12.2. The Morgan fingerprint density at radius 3 is 2.76 bits per heavy atom. The molecule has 0 aliphatic rings. The van der Waals surface area contributed by atoms with Crippen LogP contribution in [-0.2, 0) is 16.6 Å². The Bertz CT molecular complexity index is 751. The summed E-state index contributed by atoms with van der Waals surface area (Å²) < 4.78 is 27.0. The van der Waals surface area contributed by atoms with Crippen molar-refractivity contribution in [1.82, 2.24) is 9.71 Å². The van der Waals surface area contributed by atoms with Crippen LogP contribution in [-0.4, -0.2) is 19.2 Å². The van der Waals surface area contributed by atoms with Crippen molar-refractivity contribution in [3.63, 3.8) is 0 Å². The van der Waals surface area contributed by atoms with Crippen LogP contribution < -0.4 is 4.72 Å². The number of carbonyl (C=O) groups excluding carboxylic acids is 1. The molecule has 0 aliphatic carbocycles. The van der Waals surface area contributed by atoms with Gasteiger partial charge in [-0.2, -0.15) is 0 Å². The smallest absolute Gasteiger partial charge is 0.240 e. The molecule has 0 aliphatic heterocycles. The number of nitrogens with one attached hydrogen (secondary N) is 1. The van der Waals surface area contributed by atoms with E-state index in [2.05, 4.69) is 9.71 Å². The van der Waals surface area contributed by atoms with Crippen molar-refractivity contribution in [3.8, 4) is 0 Å². The first kappa shape index (κ1) is 15.8. The highest BCUT2D eigenvalue weighted by molar-refractivity contribution is 7.89. The minimum Gasteiger partial charge on any atom is -0.294 e. The number of ketones is 1.